The van der Waals surface area contributed by atoms with Crippen LogP contribution in [-0.2, 0) is 11.3 Å². The number of hydrogen-bond donors (Lipinski definition) is 1. The molecule has 0 saturated carbocycles. The van der Waals surface area contributed by atoms with Crippen LogP contribution in [0.25, 0.3) is 0 Å². The maximum absolute atomic E-state index is 5.96. The molecule has 202 valence electrons. The Bertz CT molecular complexity index is 1260. The number of nitrogens with zero attached hydrogens (tertiary/aromatic N) is 4. The van der Waals surface area contributed by atoms with E-state index in [1.54, 1.807) is 14.2 Å². The van der Waals surface area contributed by atoms with Gasteiger partial charge in [0.05, 0.1) is 50.9 Å². The number of methoxy groups -OCH3 is 2. The Balaban J connectivity index is 1.52. The number of aromatic nitrogens is 2. The average molecular weight is 536 g/mol. The molecule has 2 atom stereocenters. The van der Waals surface area contributed by atoms with E-state index in [2.05, 4.69) is 45.7 Å². The molecule has 38 heavy (non-hydrogen) atoms. The molecule has 2 aliphatic heterocycles. The minimum Gasteiger partial charge on any atom is -0.497 e. The van der Waals surface area contributed by atoms with Gasteiger partial charge in [-0.25, -0.2) is 0 Å². The zero-order valence-corrected chi connectivity index (χ0v) is 23.5. The number of anilines is 1. The Kier molecular flexibility index (Phi) is 8.16. The first-order chi connectivity index (χ1) is 18.5. The highest BCUT2D eigenvalue weighted by atomic mass is 32.1. The molecule has 0 bridgehead atoms. The maximum Gasteiger partial charge on any atom is 0.174 e. The van der Waals surface area contributed by atoms with Crippen LogP contribution in [0.1, 0.15) is 41.1 Å². The molecule has 0 spiro atoms. The van der Waals surface area contributed by atoms with Gasteiger partial charge in [0.25, 0.3) is 0 Å². The van der Waals surface area contributed by atoms with E-state index >= 15 is 0 Å². The lowest BCUT2D eigenvalue weighted by molar-refractivity contribution is 0.0369. The number of nitrogens with one attached hydrogen (secondary N) is 1. The minimum absolute atomic E-state index is 0.113. The number of hydrogen-bond acceptors (Lipinski definition) is 6. The number of rotatable bonds is 9. The number of thiocarbonyl (C=S) groups is 1. The lowest BCUT2D eigenvalue weighted by Gasteiger charge is -2.29. The van der Waals surface area contributed by atoms with Crippen molar-refractivity contribution in [1.82, 2.24) is 19.8 Å². The largest absolute Gasteiger partial charge is 0.497 e. The van der Waals surface area contributed by atoms with Gasteiger partial charge < -0.3 is 29.0 Å². The topological polar surface area (TPSA) is 64.0 Å². The summed E-state index contributed by atoms with van der Waals surface area (Å²) >= 11 is 5.96. The highest BCUT2D eigenvalue weighted by Gasteiger charge is 2.43. The van der Waals surface area contributed by atoms with Crippen molar-refractivity contribution in [3.05, 3.63) is 71.3 Å². The van der Waals surface area contributed by atoms with Gasteiger partial charge in [-0.1, -0.05) is 6.07 Å². The molecule has 0 unspecified atom stereocenters. The van der Waals surface area contributed by atoms with Crippen LogP contribution in [0.4, 0.5) is 5.69 Å². The van der Waals surface area contributed by atoms with Gasteiger partial charge >= 0.3 is 0 Å². The van der Waals surface area contributed by atoms with Crippen molar-refractivity contribution in [3.63, 3.8) is 0 Å². The van der Waals surface area contributed by atoms with E-state index in [1.165, 1.54) is 17.0 Å². The number of benzene rings is 1. The van der Waals surface area contributed by atoms with Gasteiger partial charge in [0.1, 0.15) is 11.5 Å². The number of aryl methyl sites for hydroxylation is 1. The quantitative estimate of drug-likeness (QED) is 0.404. The molecule has 1 aromatic carbocycles. The minimum atomic E-state index is -0.123. The third-order valence-electron chi connectivity index (χ3n) is 7.63. The molecular formula is C29H37N5O3S. The SMILES string of the molecule is COc1ccc(OC)c(N2C(=S)N[C@H](c3ccccn3)[C@@H]2c2cc(C)n(CCCN3CCOCC3)c2C)c1. The highest BCUT2D eigenvalue weighted by Crippen LogP contribution is 2.46. The summed E-state index contributed by atoms with van der Waals surface area (Å²) in [5.41, 5.74) is 5.52. The molecule has 0 aliphatic carbocycles. The number of morpholine rings is 1. The molecule has 8 nitrogen and oxygen atoms in total. The standard InChI is InChI=1S/C29H37N5O3S/c1-20-18-23(21(2)33(20)13-7-12-32-14-16-37-17-15-32)28-27(24-8-5-6-11-30-24)31-29(38)34(28)25-19-22(35-3)9-10-26(25)36-4/h5-6,8-11,18-19,27-28H,7,12-17H2,1-4H3,(H,31,38)/t27-,28+/m1/s1. The first kappa shape index (κ1) is 26.5. The summed E-state index contributed by atoms with van der Waals surface area (Å²) in [6.45, 7) is 10.2. The molecule has 0 radical (unpaired) electrons. The van der Waals surface area contributed by atoms with E-state index < -0.39 is 0 Å². The molecule has 2 aromatic heterocycles. The van der Waals surface area contributed by atoms with E-state index in [1.807, 2.05) is 36.5 Å². The van der Waals surface area contributed by atoms with Crippen LogP contribution in [0.3, 0.4) is 0 Å². The molecule has 4 heterocycles. The van der Waals surface area contributed by atoms with Crippen LogP contribution >= 0.6 is 12.2 Å². The van der Waals surface area contributed by atoms with Gasteiger partial charge in [0.2, 0.25) is 0 Å². The Hall–Kier alpha value is -3.14. The van der Waals surface area contributed by atoms with Crippen LogP contribution in [0, 0.1) is 13.8 Å². The fourth-order valence-electron chi connectivity index (χ4n) is 5.66. The molecule has 2 aliphatic rings. The number of pyridine rings is 1. The van der Waals surface area contributed by atoms with Crippen molar-refractivity contribution in [3.8, 4) is 11.5 Å². The normalized spacial score (nSPS) is 20.0. The molecular weight excluding hydrogens is 498 g/mol. The Morgan fingerprint density at radius 3 is 2.58 bits per heavy atom. The first-order valence-corrected chi connectivity index (χ1v) is 13.6. The van der Waals surface area contributed by atoms with Crippen LogP contribution < -0.4 is 19.7 Å². The summed E-state index contributed by atoms with van der Waals surface area (Å²) in [4.78, 5) is 9.36. The van der Waals surface area contributed by atoms with Gasteiger partial charge in [0, 0.05) is 49.8 Å². The molecule has 9 heteroatoms. The van der Waals surface area contributed by atoms with Crippen LogP contribution in [0.2, 0.25) is 0 Å². The Morgan fingerprint density at radius 1 is 1.05 bits per heavy atom. The van der Waals surface area contributed by atoms with Crippen molar-refractivity contribution in [2.24, 2.45) is 0 Å². The van der Waals surface area contributed by atoms with Crippen molar-refractivity contribution in [2.45, 2.75) is 38.9 Å². The fraction of sp³-hybridized carbons (Fsp3) is 0.448. The lowest BCUT2D eigenvalue weighted by atomic mass is 9.96. The van der Waals surface area contributed by atoms with Gasteiger partial charge in [-0.2, -0.15) is 0 Å². The summed E-state index contributed by atoms with van der Waals surface area (Å²) in [5.74, 6) is 1.48. The second kappa shape index (κ2) is 11.7. The van der Waals surface area contributed by atoms with Crippen LogP contribution in [0.15, 0.2) is 48.7 Å². The molecule has 5 rings (SSSR count). The van der Waals surface area contributed by atoms with E-state index in [4.69, 9.17) is 31.4 Å². The molecule has 3 aromatic rings. The van der Waals surface area contributed by atoms with Gasteiger partial charge in [-0.15, -0.1) is 0 Å². The second-order valence-electron chi connectivity index (χ2n) is 9.82. The summed E-state index contributed by atoms with van der Waals surface area (Å²) in [7, 11) is 3.36. The third-order valence-corrected chi connectivity index (χ3v) is 7.95. The zero-order chi connectivity index (χ0) is 26.6. The molecule has 0 amide bonds. The van der Waals surface area contributed by atoms with Gasteiger partial charge in [-0.05, 0) is 68.4 Å². The van der Waals surface area contributed by atoms with Crippen molar-refractivity contribution in [1.29, 1.82) is 0 Å². The van der Waals surface area contributed by atoms with Gasteiger partial charge in [-0.3, -0.25) is 9.88 Å². The van der Waals surface area contributed by atoms with Gasteiger partial charge in [0.15, 0.2) is 5.11 Å². The smallest absolute Gasteiger partial charge is 0.174 e. The van der Waals surface area contributed by atoms with Crippen molar-refractivity contribution < 1.29 is 14.2 Å². The summed E-state index contributed by atoms with van der Waals surface area (Å²) in [5, 5.41) is 4.20. The average Bonchev–Trinajstić information content (AvgIpc) is 3.44. The Labute approximate surface area is 230 Å². The summed E-state index contributed by atoms with van der Waals surface area (Å²) < 4.78 is 19.3. The van der Waals surface area contributed by atoms with Crippen molar-refractivity contribution >= 4 is 23.0 Å². The monoisotopic (exact) mass is 535 g/mol. The van der Waals surface area contributed by atoms with E-state index in [0.717, 1.165) is 68.7 Å². The predicted molar refractivity (Wildman–Crippen MR) is 153 cm³/mol. The lowest BCUT2D eigenvalue weighted by Crippen LogP contribution is -2.37. The zero-order valence-electron chi connectivity index (χ0n) is 22.6. The third kappa shape index (κ3) is 5.23. The molecule has 1 N–H and O–H groups in total. The fourth-order valence-corrected chi connectivity index (χ4v) is 6.00. The first-order valence-electron chi connectivity index (χ1n) is 13.2. The Morgan fingerprint density at radius 2 is 1.87 bits per heavy atom. The maximum atomic E-state index is 5.96. The van der Waals surface area contributed by atoms with E-state index in [0.29, 0.717) is 5.11 Å². The van der Waals surface area contributed by atoms with E-state index in [-0.39, 0.29) is 12.1 Å². The number of ether oxygens (including phenoxy) is 3. The van der Waals surface area contributed by atoms with E-state index in [9.17, 15) is 0 Å². The van der Waals surface area contributed by atoms with Crippen LogP contribution in [0.5, 0.6) is 11.5 Å². The predicted octanol–water partition coefficient (Wildman–Crippen LogP) is 4.42. The summed E-state index contributed by atoms with van der Waals surface area (Å²) in [6, 6.07) is 13.9. The van der Waals surface area contributed by atoms with Crippen molar-refractivity contribution in [2.75, 3.05) is 52.0 Å². The summed E-state index contributed by atoms with van der Waals surface area (Å²) in [6.07, 6.45) is 2.93. The molecule has 2 saturated heterocycles. The molecule has 2 fully saturated rings. The highest BCUT2D eigenvalue weighted by molar-refractivity contribution is 7.80. The van der Waals surface area contributed by atoms with Crippen LogP contribution in [-0.4, -0.2) is 66.6 Å². The second-order valence-corrected chi connectivity index (χ2v) is 10.2.